The average Bonchev–Trinajstić information content (AvgIpc) is 2.59. The fourth-order valence-corrected chi connectivity index (χ4v) is 3.10. The molecule has 86 valence electrons. The quantitative estimate of drug-likeness (QED) is 0.712. The summed E-state index contributed by atoms with van der Waals surface area (Å²) in [5, 5.41) is 3.71. The number of allylic oxidation sites excluding steroid dienone is 1. The van der Waals surface area contributed by atoms with Gasteiger partial charge in [0.15, 0.2) is 0 Å². The Labute approximate surface area is 93.7 Å². The van der Waals surface area contributed by atoms with Crippen molar-refractivity contribution in [3.05, 3.63) is 12.2 Å². The fraction of sp³-hybridized carbons (Fsp3) is 0.846. The van der Waals surface area contributed by atoms with Gasteiger partial charge in [-0.25, -0.2) is 0 Å². The normalized spacial score (nSPS) is 35.5. The number of likely N-dealkylation sites (N-methyl/N-ethyl adjacent to an activating group) is 1. The van der Waals surface area contributed by atoms with E-state index in [1.807, 2.05) is 0 Å². The molecule has 15 heavy (non-hydrogen) atoms. The molecule has 0 aromatic rings. The first-order valence-corrected chi connectivity index (χ1v) is 6.44. The standard InChI is InChI=1S/C13H24N2/c1-3-5-8-15(4-2)13-9-11-6-7-12(10-13)14-11/h3,5,11-14H,4,6-10H2,1-2H3/b5-3+. The molecule has 2 bridgehead atoms. The Morgan fingerprint density at radius 2 is 1.93 bits per heavy atom. The fourth-order valence-electron chi connectivity index (χ4n) is 3.10. The third-order valence-corrected chi connectivity index (χ3v) is 3.95. The van der Waals surface area contributed by atoms with Gasteiger partial charge in [-0.05, 0) is 39.2 Å². The molecule has 2 rings (SSSR count). The van der Waals surface area contributed by atoms with Gasteiger partial charge in [0.1, 0.15) is 0 Å². The molecule has 0 aromatic carbocycles. The van der Waals surface area contributed by atoms with Gasteiger partial charge in [0.05, 0.1) is 0 Å². The minimum Gasteiger partial charge on any atom is -0.311 e. The third kappa shape index (κ3) is 2.61. The minimum atomic E-state index is 0.813. The lowest BCUT2D eigenvalue weighted by molar-refractivity contribution is 0.162. The van der Waals surface area contributed by atoms with Crippen LogP contribution >= 0.6 is 0 Å². The Morgan fingerprint density at radius 3 is 2.47 bits per heavy atom. The molecule has 2 saturated heterocycles. The lowest BCUT2D eigenvalue weighted by atomic mass is 9.98. The molecule has 2 aliphatic heterocycles. The maximum absolute atomic E-state index is 3.71. The molecule has 2 heterocycles. The summed E-state index contributed by atoms with van der Waals surface area (Å²) in [6.45, 7) is 6.72. The zero-order valence-corrected chi connectivity index (χ0v) is 10.1. The van der Waals surface area contributed by atoms with E-state index in [1.165, 1.54) is 32.2 Å². The van der Waals surface area contributed by atoms with Crippen LogP contribution in [-0.4, -0.2) is 36.1 Å². The lowest BCUT2D eigenvalue weighted by Gasteiger charge is -2.36. The lowest BCUT2D eigenvalue weighted by Crippen LogP contribution is -2.48. The minimum absolute atomic E-state index is 0.813. The van der Waals surface area contributed by atoms with Crippen molar-refractivity contribution < 1.29 is 0 Å². The smallest absolute Gasteiger partial charge is 0.0165 e. The van der Waals surface area contributed by atoms with Gasteiger partial charge in [0.25, 0.3) is 0 Å². The van der Waals surface area contributed by atoms with E-state index in [4.69, 9.17) is 0 Å². The first kappa shape index (κ1) is 11.2. The number of hydrogen-bond acceptors (Lipinski definition) is 2. The highest BCUT2D eigenvalue weighted by atomic mass is 15.2. The second-order valence-electron chi connectivity index (χ2n) is 4.92. The van der Waals surface area contributed by atoms with E-state index in [0.717, 1.165) is 24.7 Å². The molecular weight excluding hydrogens is 184 g/mol. The van der Waals surface area contributed by atoms with Crippen LogP contribution in [0.4, 0.5) is 0 Å². The highest BCUT2D eigenvalue weighted by molar-refractivity contribution is 4.96. The molecule has 2 nitrogen and oxygen atoms in total. The highest BCUT2D eigenvalue weighted by Gasteiger charge is 2.35. The maximum atomic E-state index is 3.71. The second kappa shape index (κ2) is 5.13. The van der Waals surface area contributed by atoms with Crippen LogP contribution < -0.4 is 5.32 Å². The summed E-state index contributed by atoms with van der Waals surface area (Å²) in [6, 6.07) is 2.45. The van der Waals surface area contributed by atoms with Crippen molar-refractivity contribution in [2.45, 2.75) is 57.7 Å². The Kier molecular flexibility index (Phi) is 3.81. The predicted octanol–water partition coefficient (Wildman–Crippen LogP) is 2.17. The molecular formula is C13H24N2. The predicted molar refractivity (Wildman–Crippen MR) is 65.0 cm³/mol. The van der Waals surface area contributed by atoms with Gasteiger partial charge in [-0.3, -0.25) is 4.90 Å². The summed E-state index contributed by atoms with van der Waals surface area (Å²) < 4.78 is 0. The zero-order valence-electron chi connectivity index (χ0n) is 10.1. The molecule has 0 saturated carbocycles. The molecule has 0 spiro atoms. The van der Waals surface area contributed by atoms with E-state index in [0.29, 0.717) is 0 Å². The van der Waals surface area contributed by atoms with Crippen LogP contribution in [0.1, 0.15) is 39.5 Å². The first-order valence-electron chi connectivity index (χ1n) is 6.44. The van der Waals surface area contributed by atoms with Gasteiger partial charge < -0.3 is 5.32 Å². The molecule has 2 aliphatic rings. The van der Waals surface area contributed by atoms with Crippen molar-refractivity contribution in [3.8, 4) is 0 Å². The molecule has 2 atom stereocenters. The Balaban J connectivity index is 1.90. The van der Waals surface area contributed by atoms with Gasteiger partial charge in [-0.2, -0.15) is 0 Å². The molecule has 2 fully saturated rings. The summed E-state index contributed by atoms with van der Waals surface area (Å²) in [4.78, 5) is 2.63. The maximum Gasteiger partial charge on any atom is 0.0165 e. The van der Waals surface area contributed by atoms with E-state index in [1.54, 1.807) is 0 Å². The number of nitrogens with one attached hydrogen (secondary N) is 1. The van der Waals surface area contributed by atoms with Crippen molar-refractivity contribution in [1.82, 2.24) is 10.2 Å². The monoisotopic (exact) mass is 208 g/mol. The van der Waals surface area contributed by atoms with Crippen LogP contribution in [0.2, 0.25) is 0 Å². The molecule has 2 heteroatoms. The summed E-state index contributed by atoms with van der Waals surface area (Å²) in [5.41, 5.74) is 0. The van der Waals surface area contributed by atoms with E-state index in [9.17, 15) is 0 Å². The Bertz CT molecular complexity index is 213. The average molecular weight is 208 g/mol. The van der Waals surface area contributed by atoms with Crippen molar-refractivity contribution in [3.63, 3.8) is 0 Å². The summed E-state index contributed by atoms with van der Waals surface area (Å²) in [6.07, 6.45) is 9.99. The summed E-state index contributed by atoms with van der Waals surface area (Å²) in [5.74, 6) is 0. The van der Waals surface area contributed by atoms with Crippen LogP contribution in [-0.2, 0) is 0 Å². The van der Waals surface area contributed by atoms with E-state index in [-0.39, 0.29) is 0 Å². The van der Waals surface area contributed by atoms with Crippen molar-refractivity contribution in [1.29, 1.82) is 0 Å². The number of nitrogens with zero attached hydrogens (tertiary/aromatic N) is 1. The van der Waals surface area contributed by atoms with E-state index >= 15 is 0 Å². The second-order valence-corrected chi connectivity index (χ2v) is 4.92. The molecule has 2 unspecified atom stereocenters. The van der Waals surface area contributed by atoms with Crippen LogP contribution in [0.25, 0.3) is 0 Å². The highest BCUT2D eigenvalue weighted by Crippen LogP contribution is 2.29. The zero-order chi connectivity index (χ0) is 10.7. The van der Waals surface area contributed by atoms with Crippen LogP contribution in [0.5, 0.6) is 0 Å². The molecule has 0 amide bonds. The van der Waals surface area contributed by atoms with Crippen LogP contribution in [0.3, 0.4) is 0 Å². The summed E-state index contributed by atoms with van der Waals surface area (Å²) >= 11 is 0. The van der Waals surface area contributed by atoms with Gasteiger partial charge in [0, 0.05) is 24.7 Å². The topological polar surface area (TPSA) is 15.3 Å². The van der Waals surface area contributed by atoms with Crippen LogP contribution in [0.15, 0.2) is 12.2 Å². The largest absolute Gasteiger partial charge is 0.311 e. The van der Waals surface area contributed by atoms with Crippen molar-refractivity contribution in [2.24, 2.45) is 0 Å². The van der Waals surface area contributed by atoms with Crippen LogP contribution in [0, 0.1) is 0 Å². The molecule has 0 aromatic heterocycles. The number of hydrogen-bond donors (Lipinski definition) is 1. The van der Waals surface area contributed by atoms with E-state index in [2.05, 4.69) is 36.2 Å². The first-order chi connectivity index (χ1) is 7.33. The van der Waals surface area contributed by atoms with Crippen molar-refractivity contribution >= 4 is 0 Å². The van der Waals surface area contributed by atoms with Gasteiger partial charge in [-0.15, -0.1) is 0 Å². The summed E-state index contributed by atoms with van der Waals surface area (Å²) in [7, 11) is 0. The van der Waals surface area contributed by atoms with Gasteiger partial charge >= 0.3 is 0 Å². The molecule has 0 aliphatic carbocycles. The van der Waals surface area contributed by atoms with Crippen molar-refractivity contribution in [2.75, 3.05) is 13.1 Å². The Morgan fingerprint density at radius 1 is 1.27 bits per heavy atom. The Hall–Kier alpha value is -0.340. The molecule has 0 radical (unpaired) electrons. The van der Waals surface area contributed by atoms with Gasteiger partial charge in [-0.1, -0.05) is 19.1 Å². The SMILES string of the molecule is C/C=C/CN(CC)C1CC2CCC(C1)N2. The number of fused-ring (bicyclic) bond motifs is 2. The number of piperidine rings is 1. The van der Waals surface area contributed by atoms with Gasteiger partial charge in [0.2, 0.25) is 0 Å². The third-order valence-electron chi connectivity index (χ3n) is 3.95. The molecule has 1 N–H and O–H groups in total. The number of rotatable bonds is 4. The van der Waals surface area contributed by atoms with E-state index < -0.39 is 0 Å².